The minimum atomic E-state index is -0.653. The monoisotopic (exact) mass is 264 g/mol. The lowest BCUT2D eigenvalue weighted by atomic mass is 10.0. The number of rotatable bonds is 2. The van der Waals surface area contributed by atoms with E-state index in [1.54, 1.807) is 0 Å². The molecule has 6 N–H and O–H groups in total. The van der Waals surface area contributed by atoms with Gasteiger partial charge in [0.25, 0.3) is 0 Å². The summed E-state index contributed by atoms with van der Waals surface area (Å²) in [5, 5.41) is 56.5. The summed E-state index contributed by atoms with van der Waals surface area (Å²) >= 11 is 0. The zero-order chi connectivity index (χ0) is 14.2. The Morgan fingerprint density at radius 3 is 1.26 bits per heavy atom. The fraction of sp³-hybridized carbons (Fsp3) is 0.0769. The Balaban J connectivity index is 2.43. The second-order valence-corrected chi connectivity index (χ2v) is 4.06. The van der Waals surface area contributed by atoms with Gasteiger partial charge in [-0.1, -0.05) is 12.1 Å². The van der Waals surface area contributed by atoms with Gasteiger partial charge in [0.2, 0.25) is 11.5 Å². The molecule has 0 amide bonds. The van der Waals surface area contributed by atoms with Crippen LogP contribution in [0.3, 0.4) is 0 Å². The van der Waals surface area contributed by atoms with Gasteiger partial charge < -0.3 is 30.6 Å². The highest BCUT2D eigenvalue weighted by atomic mass is 16.3. The third-order valence-corrected chi connectivity index (χ3v) is 2.81. The number of benzene rings is 2. The first-order valence-electron chi connectivity index (χ1n) is 5.37. The number of hydrogen-bond acceptors (Lipinski definition) is 6. The predicted octanol–water partition coefficient (Wildman–Crippen LogP) is 1.51. The molecule has 0 radical (unpaired) electrons. The summed E-state index contributed by atoms with van der Waals surface area (Å²) in [5.41, 5.74) is 0.492. The minimum Gasteiger partial charge on any atom is -0.504 e. The van der Waals surface area contributed by atoms with Crippen molar-refractivity contribution in [2.75, 3.05) is 0 Å². The largest absolute Gasteiger partial charge is 0.504 e. The molecular weight excluding hydrogens is 252 g/mol. The molecule has 6 nitrogen and oxygen atoms in total. The maximum atomic E-state index is 9.65. The molecule has 0 aliphatic rings. The first-order chi connectivity index (χ1) is 8.91. The Hall–Kier alpha value is -2.76. The van der Waals surface area contributed by atoms with Gasteiger partial charge in [0.05, 0.1) is 0 Å². The lowest BCUT2D eigenvalue weighted by Gasteiger charge is -2.10. The lowest BCUT2D eigenvalue weighted by Crippen LogP contribution is -1.90. The normalized spacial score (nSPS) is 10.5. The third-order valence-electron chi connectivity index (χ3n) is 2.81. The summed E-state index contributed by atoms with van der Waals surface area (Å²) < 4.78 is 0. The van der Waals surface area contributed by atoms with Crippen molar-refractivity contribution in [3.8, 4) is 34.5 Å². The SMILES string of the molecule is Oc1ccc(Cc2ccc(O)c(O)c2O)c(O)c1O. The van der Waals surface area contributed by atoms with E-state index in [2.05, 4.69) is 0 Å². The minimum absolute atomic E-state index is 0.000648. The summed E-state index contributed by atoms with van der Waals surface area (Å²) in [7, 11) is 0. The molecule has 2 aromatic rings. The van der Waals surface area contributed by atoms with E-state index in [9.17, 15) is 30.6 Å². The van der Waals surface area contributed by atoms with Gasteiger partial charge in [-0.05, 0) is 12.1 Å². The van der Waals surface area contributed by atoms with Gasteiger partial charge in [-0.3, -0.25) is 0 Å². The second-order valence-electron chi connectivity index (χ2n) is 4.06. The molecule has 100 valence electrons. The van der Waals surface area contributed by atoms with Gasteiger partial charge in [0, 0.05) is 17.5 Å². The van der Waals surface area contributed by atoms with E-state index < -0.39 is 34.5 Å². The quantitative estimate of drug-likeness (QED) is 0.457. The smallest absolute Gasteiger partial charge is 0.200 e. The van der Waals surface area contributed by atoms with Gasteiger partial charge >= 0.3 is 0 Å². The van der Waals surface area contributed by atoms with Crippen molar-refractivity contribution in [2.45, 2.75) is 6.42 Å². The Bertz CT molecular complexity index is 580. The van der Waals surface area contributed by atoms with Crippen molar-refractivity contribution in [3.05, 3.63) is 35.4 Å². The Morgan fingerprint density at radius 1 is 0.526 bits per heavy atom. The predicted molar refractivity (Wildman–Crippen MR) is 65.7 cm³/mol. The van der Waals surface area contributed by atoms with Crippen LogP contribution in [-0.2, 0) is 6.42 Å². The molecule has 2 aromatic carbocycles. The van der Waals surface area contributed by atoms with E-state index in [1.807, 2.05) is 0 Å². The van der Waals surface area contributed by atoms with Crippen molar-refractivity contribution in [2.24, 2.45) is 0 Å². The number of phenols is 6. The van der Waals surface area contributed by atoms with E-state index in [0.717, 1.165) is 0 Å². The van der Waals surface area contributed by atoms with Crippen LogP contribution in [0, 0.1) is 0 Å². The third kappa shape index (κ3) is 2.15. The van der Waals surface area contributed by atoms with Crippen LogP contribution in [0.4, 0.5) is 0 Å². The molecule has 0 saturated heterocycles. The van der Waals surface area contributed by atoms with E-state index in [-0.39, 0.29) is 17.5 Å². The van der Waals surface area contributed by atoms with Crippen LogP contribution < -0.4 is 0 Å². The molecule has 0 unspecified atom stereocenters. The molecule has 6 heteroatoms. The van der Waals surface area contributed by atoms with E-state index in [0.29, 0.717) is 0 Å². The van der Waals surface area contributed by atoms with Crippen LogP contribution in [0.5, 0.6) is 34.5 Å². The van der Waals surface area contributed by atoms with Crippen LogP contribution in [-0.4, -0.2) is 30.6 Å². The standard InChI is InChI=1S/C13H12O6/c14-8-3-1-6(10(16)12(8)18)5-7-2-4-9(15)13(19)11(7)17/h1-4,14-19H,5H2. The van der Waals surface area contributed by atoms with Gasteiger partial charge in [-0.15, -0.1) is 0 Å². The van der Waals surface area contributed by atoms with Gasteiger partial charge in [0.15, 0.2) is 23.0 Å². The van der Waals surface area contributed by atoms with Crippen molar-refractivity contribution >= 4 is 0 Å². The van der Waals surface area contributed by atoms with Crippen molar-refractivity contribution in [1.82, 2.24) is 0 Å². The summed E-state index contributed by atoms with van der Waals surface area (Å²) in [4.78, 5) is 0. The zero-order valence-corrected chi connectivity index (χ0v) is 9.70. The summed E-state index contributed by atoms with van der Waals surface area (Å²) in [5.74, 6) is -3.24. The molecule has 0 heterocycles. The van der Waals surface area contributed by atoms with Crippen LogP contribution in [0.1, 0.15) is 11.1 Å². The second kappa shape index (κ2) is 4.49. The van der Waals surface area contributed by atoms with Crippen LogP contribution in [0.25, 0.3) is 0 Å². The van der Waals surface area contributed by atoms with E-state index >= 15 is 0 Å². The highest BCUT2D eigenvalue weighted by Gasteiger charge is 2.15. The van der Waals surface area contributed by atoms with Crippen molar-refractivity contribution in [1.29, 1.82) is 0 Å². The average molecular weight is 264 g/mol. The van der Waals surface area contributed by atoms with E-state index in [1.165, 1.54) is 24.3 Å². The molecular formula is C13H12O6. The molecule has 0 aliphatic carbocycles. The molecule has 0 aromatic heterocycles. The number of phenolic OH excluding ortho intramolecular Hbond substituents is 6. The molecule has 0 fully saturated rings. The maximum absolute atomic E-state index is 9.65. The first kappa shape index (κ1) is 12.7. The fourth-order valence-electron chi connectivity index (χ4n) is 1.71. The lowest BCUT2D eigenvalue weighted by molar-refractivity contribution is 0.362. The molecule has 0 bridgehead atoms. The van der Waals surface area contributed by atoms with Gasteiger partial charge in [-0.25, -0.2) is 0 Å². The Kier molecular flexibility index (Phi) is 3.00. The first-order valence-corrected chi connectivity index (χ1v) is 5.37. The van der Waals surface area contributed by atoms with Crippen molar-refractivity contribution < 1.29 is 30.6 Å². The van der Waals surface area contributed by atoms with Crippen LogP contribution in [0.15, 0.2) is 24.3 Å². The fourth-order valence-corrected chi connectivity index (χ4v) is 1.71. The highest BCUT2D eigenvalue weighted by molar-refractivity contribution is 5.58. The molecule has 0 spiro atoms. The van der Waals surface area contributed by atoms with E-state index in [4.69, 9.17) is 0 Å². The maximum Gasteiger partial charge on any atom is 0.200 e. The number of hydrogen-bond donors (Lipinski definition) is 6. The highest BCUT2D eigenvalue weighted by Crippen LogP contribution is 2.41. The molecule has 0 saturated carbocycles. The molecule has 2 rings (SSSR count). The molecule has 19 heavy (non-hydrogen) atoms. The van der Waals surface area contributed by atoms with Crippen molar-refractivity contribution in [3.63, 3.8) is 0 Å². The number of aromatic hydroxyl groups is 6. The molecule has 0 atom stereocenters. The Labute approximate surface area is 108 Å². The summed E-state index contributed by atoms with van der Waals surface area (Å²) in [6.45, 7) is 0. The average Bonchev–Trinajstić information content (AvgIpc) is 2.39. The molecule has 0 aliphatic heterocycles. The van der Waals surface area contributed by atoms with Crippen LogP contribution in [0.2, 0.25) is 0 Å². The summed E-state index contributed by atoms with van der Waals surface area (Å²) in [6, 6.07) is 5.13. The van der Waals surface area contributed by atoms with Gasteiger partial charge in [-0.2, -0.15) is 0 Å². The zero-order valence-electron chi connectivity index (χ0n) is 9.70. The summed E-state index contributed by atoms with van der Waals surface area (Å²) in [6.07, 6.45) is -0.000648. The Morgan fingerprint density at radius 2 is 0.895 bits per heavy atom. The topological polar surface area (TPSA) is 121 Å². The van der Waals surface area contributed by atoms with Crippen LogP contribution >= 0.6 is 0 Å². The van der Waals surface area contributed by atoms with Gasteiger partial charge in [0.1, 0.15) is 0 Å².